The SMILES string of the molecule is O=C([C@@H]1C[C@@H](Oc2ccc(-c3ccc(Cl)cc3)cc2)CCN1S(=O)(=O)c1ccc(OCC2CCCCC2)cc1)N1CCNCC1. The van der Waals surface area contributed by atoms with Gasteiger partial charge in [-0.25, -0.2) is 8.42 Å². The van der Waals surface area contributed by atoms with Gasteiger partial charge in [0.1, 0.15) is 23.6 Å². The summed E-state index contributed by atoms with van der Waals surface area (Å²) in [6, 6.07) is 21.3. The van der Waals surface area contributed by atoms with Gasteiger partial charge in [0.15, 0.2) is 0 Å². The van der Waals surface area contributed by atoms with E-state index in [0.717, 1.165) is 11.1 Å². The summed E-state index contributed by atoms with van der Waals surface area (Å²) in [6.07, 6.45) is 6.62. The van der Waals surface area contributed by atoms with E-state index in [4.69, 9.17) is 21.1 Å². The van der Waals surface area contributed by atoms with E-state index in [1.165, 1.54) is 36.4 Å². The minimum Gasteiger partial charge on any atom is -0.493 e. The lowest BCUT2D eigenvalue weighted by atomic mass is 9.90. The molecule has 1 amide bonds. The molecule has 3 aromatic rings. The zero-order valence-corrected chi connectivity index (χ0v) is 27.1. The smallest absolute Gasteiger partial charge is 0.243 e. The average molecular weight is 652 g/mol. The molecule has 2 saturated heterocycles. The number of nitrogens with one attached hydrogen (secondary N) is 1. The van der Waals surface area contributed by atoms with E-state index >= 15 is 0 Å². The Labute approximate surface area is 271 Å². The number of hydrogen-bond donors (Lipinski definition) is 1. The minimum absolute atomic E-state index is 0.168. The fourth-order valence-electron chi connectivity index (χ4n) is 6.60. The molecule has 8 nitrogen and oxygen atoms in total. The van der Waals surface area contributed by atoms with Crippen LogP contribution >= 0.6 is 11.6 Å². The summed E-state index contributed by atoms with van der Waals surface area (Å²) in [5.41, 5.74) is 2.09. The third-order valence-electron chi connectivity index (χ3n) is 9.19. The second-order valence-electron chi connectivity index (χ2n) is 12.3. The van der Waals surface area contributed by atoms with E-state index in [1.54, 1.807) is 29.2 Å². The molecule has 0 aromatic heterocycles. The molecule has 1 saturated carbocycles. The summed E-state index contributed by atoms with van der Waals surface area (Å²) in [6.45, 7) is 3.33. The number of piperazine rings is 1. The molecule has 1 N–H and O–H groups in total. The minimum atomic E-state index is -3.93. The number of benzene rings is 3. The van der Waals surface area contributed by atoms with Gasteiger partial charge in [-0.2, -0.15) is 4.31 Å². The van der Waals surface area contributed by atoms with Crippen molar-refractivity contribution in [1.82, 2.24) is 14.5 Å². The van der Waals surface area contributed by atoms with Crippen LogP contribution in [0.3, 0.4) is 0 Å². The van der Waals surface area contributed by atoms with Gasteiger partial charge >= 0.3 is 0 Å². The predicted octanol–water partition coefficient (Wildman–Crippen LogP) is 6.00. The zero-order chi connectivity index (χ0) is 31.2. The quantitative estimate of drug-likeness (QED) is 0.306. The Balaban J connectivity index is 1.15. The lowest BCUT2D eigenvalue weighted by molar-refractivity contribution is -0.138. The van der Waals surface area contributed by atoms with Crippen LogP contribution in [-0.4, -0.2) is 75.0 Å². The van der Waals surface area contributed by atoms with Gasteiger partial charge in [-0.15, -0.1) is 0 Å². The third-order valence-corrected chi connectivity index (χ3v) is 11.4. The lowest BCUT2D eigenvalue weighted by Crippen LogP contribution is -2.58. The number of halogens is 1. The Kier molecular flexibility index (Phi) is 10.3. The molecule has 3 fully saturated rings. The molecule has 3 aliphatic rings. The van der Waals surface area contributed by atoms with E-state index in [-0.39, 0.29) is 29.9 Å². The third kappa shape index (κ3) is 7.83. The summed E-state index contributed by atoms with van der Waals surface area (Å²) < 4.78 is 41.8. The van der Waals surface area contributed by atoms with E-state index in [2.05, 4.69) is 5.32 Å². The molecular weight excluding hydrogens is 610 g/mol. The Morgan fingerprint density at radius 3 is 2.09 bits per heavy atom. The van der Waals surface area contributed by atoms with Gasteiger partial charge in [0, 0.05) is 44.2 Å². The number of carbonyl (C=O) groups is 1. The van der Waals surface area contributed by atoms with Crippen LogP contribution < -0.4 is 14.8 Å². The maximum absolute atomic E-state index is 14.0. The molecule has 2 aliphatic heterocycles. The van der Waals surface area contributed by atoms with E-state index in [1.807, 2.05) is 48.5 Å². The first-order valence-electron chi connectivity index (χ1n) is 16.1. The van der Waals surface area contributed by atoms with Gasteiger partial charge in [-0.3, -0.25) is 4.79 Å². The molecule has 0 radical (unpaired) electrons. The first-order chi connectivity index (χ1) is 21.9. The highest BCUT2D eigenvalue weighted by atomic mass is 35.5. The summed E-state index contributed by atoms with van der Waals surface area (Å²) in [4.78, 5) is 15.8. The molecule has 1 aliphatic carbocycles. The van der Waals surface area contributed by atoms with E-state index in [0.29, 0.717) is 61.6 Å². The summed E-state index contributed by atoms with van der Waals surface area (Å²) in [5, 5.41) is 3.96. The zero-order valence-electron chi connectivity index (χ0n) is 25.6. The monoisotopic (exact) mass is 651 g/mol. The van der Waals surface area contributed by atoms with Crippen molar-refractivity contribution in [1.29, 1.82) is 0 Å². The maximum atomic E-state index is 14.0. The molecule has 3 aromatic carbocycles. The Hall–Kier alpha value is -3.11. The second-order valence-corrected chi connectivity index (χ2v) is 14.6. The highest BCUT2D eigenvalue weighted by Crippen LogP contribution is 2.32. The highest BCUT2D eigenvalue weighted by molar-refractivity contribution is 7.89. The van der Waals surface area contributed by atoms with Crippen molar-refractivity contribution in [2.24, 2.45) is 5.92 Å². The molecular formula is C35H42ClN3O5S. The number of hydrogen-bond acceptors (Lipinski definition) is 6. The van der Waals surface area contributed by atoms with Gasteiger partial charge in [-0.05, 0) is 84.8 Å². The Morgan fingerprint density at radius 2 is 1.42 bits per heavy atom. The second kappa shape index (κ2) is 14.5. The highest BCUT2D eigenvalue weighted by Gasteiger charge is 2.43. The van der Waals surface area contributed by atoms with E-state index in [9.17, 15) is 13.2 Å². The van der Waals surface area contributed by atoms with Gasteiger partial charge < -0.3 is 19.7 Å². The molecule has 240 valence electrons. The molecule has 0 spiro atoms. The van der Waals surface area contributed by atoms with Crippen LogP contribution in [0.15, 0.2) is 77.7 Å². The fraction of sp³-hybridized carbons (Fsp3) is 0.457. The van der Waals surface area contributed by atoms with Crippen molar-refractivity contribution in [3.05, 3.63) is 77.8 Å². The van der Waals surface area contributed by atoms with Crippen molar-refractivity contribution < 1.29 is 22.7 Å². The number of rotatable bonds is 9. The van der Waals surface area contributed by atoms with Crippen molar-refractivity contribution in [2.45, 2.75) is 62.0 Å². The van der Waals surface area contributed by atoms with Crippen LogP contribution in [0.2, 0.25) is 5.02 Å². The van der Waals surface area contributed by atoms with Gasteiger partial charge in [0.2, 0.25) is 15.9 Å². The van der Waals surface area contributed by atoms with Gasteiger partial charge in [0.25, 0.3) is 0 Å². The summed E-state index contributed by atoms with van der Waals surface area (Å²) in [5.74, 6) is 1.75. The van der Waals surface area contributed by atoms with Crippen molar-refractivity contribution in [3.8, 4) is 22.6 Å². The van der Waals surface area contributed by atoms with Crippen molar-refractivity contribution >= 4 is 27.5 Å². The van der Waals surface area contributed by atoms with Crippen LogP contribution in [0.25, 0.3) is 11.1 Å². The van der Waals surface area contributed by atoms with Crippen LogP contribution in [0.4, 0.5) is 0 Å². The number of nitrogens with zero attached hydrogens (tertiary/aromatic N) is 2. The molecule has 45 heavy (non-hydrogen) atoms. The molecule has 10 heteroatoms. The summed E-state index contributed by atoms with van der Waals surface area (Å²) in [7, 11) is -3.93. The number of piperidine rings is 1. The summed E-state index contributed by atoms with van der Waals surface area (Å²) >= 11 is 6.04. The normalized spacial score (nSPS) is 21.8. The van der Waals surface area contributed by atoms with Crippen molar-refractivity contribution in [2.75, 3.05) is 39.3 Å². The molecule has 0 bridgehead atoms. The maximum Gasteiger partial charge on any atom is 0.243 e. The predicted molar refractivity (Wildman–Crippen MR) is 176 cm³/mol. The van der Waals surface area contributed by atoms with Crippen LogP contribution in [0.1, 0.15) is 44.9 Å². The average Bonchev–Trinajstić information content (AvgIpc) is 3.09. The fourth-order valence-corrected chi connectivity index (χ4v) is 8.33. The molecule has 6 rings (SSSR count). The first-order valence-corrected chi connectivity index (χ1v) is 18.0. The van der Waals surface area contributed by atoms with Gasteiger partial charge in [0.05, 0.1) is 11.5 Å². The van der Waals surface area contributed by atoms with Gasteiger partial charge in [-0.1, -0.05) is 55.1 Å². The Morgan fingerprint density at radius 1 is 0.800 bits per heavy atom. The number of ether oxygens (including phenoxy) is 2. The largest absolute Gasteiger partial charge is 0.493 e. The molecule has 0 unspecified atom stereocenters. The number of carbonyl (C=O) groups excluding carboxylic acids is 1. The molecule has 2 atom stereocenters. The number of amides is 1. The van der Waals surface area contributed by atoms with Crippen molar-refractivity contribution in [3.63, 3.8) is 0 Å². The lowest BCUT2D eigenvalue weighted by Gasteiger charge is -2.40. The standard InChI is InChI=1S/C35H42ClN3O5S/c36-29-10-6-27(7-11-29)28-8-12-31(13-9-28)44-32-18-21-39(34(24-32)35(40)38-22-19-37-20-23-38)45(41,42)33-16-14-30(15-17-33)43-25-26-4-2-1-3-5-26/h6-17,26,32,34,37H,1-5,18-25H2/t32-,34-/m0/s1. The van der Waals surface area contributed by atoms with Crippen LogP contribution in [0.5, 0.6) is 11.5 Å². The van der Waals surface area contributed by atoms with Crippen LogP contribution in [-0.2, 0) is 14.8 Å². The topological polar surface area (TPSA) is 88.2 Å². The van der Waals surface area contributed by atoms with Crippen LogP contribution in [0, 0.1) is 5.92 Å². The first kappa shape index (κ1) is 31.9. The number of sulfonamides is 1. The Bertz CT molecular complexity index is 1520. The molecule has 2 heterocycles. The van der Waals surface area contributed by atoms with E-state index < -0.39 is 16.1 Å².